The van der Waals surface area contributed by atoms with Gasteiger partial charge in [-0.2, -0.15) is 5.10 Å². The Morgan fingerprint density at radius 1 is 1.11 bits per heavy atom. The molecule has 27 heavy (non-hydrogen) atoms. The molecule has 0 radical (unpaired) electrons. The molecule has 7 heteroatoms. The van der Waals surface area contributed by atoms with Gasteiger partial charge in [0.15, 0.2) is 6.10 Å². The molecule has 0 spiro atoms. The van der Waals surface area contributed by atoms with Crippen molar-refractivity contribution in [3.8, 4) is 0 Å². The zero-order valence-corrected chi connectivity index (χ0v) is 15.3. The first-order valence-corrected chi connectivity index (χ1v) is 8.80. The molecule has 0 aromatic heterocycles. The van der Waals surface area contributed by atoms with Crippen molar-refractivity contribution < 1.29 is 19.1 Å². The van der Waals surface area contributed by atoms with Crippen molar-refractivity contribution >= 4 is 40.7 Å². The summed E-state index contributed by atoms with van der Waals surface area (Å²) in [4.78, 5) is 36.9. The molecule has 0 saturated heterocycles. The molecular weight excluding hydrogens is 368 g/mol. The first-order valence-electron chi connectivity index (χ1n) is 8.42. The van der Waals surface area contributed by atoms with Gasteiger partial charge >= 0.3 is 5.97 Å². The van der Waals surface area contributed by atoms with Crippen LogP contribution in [0, 0.1) is 0 Å². The minimum atomic E-state index is -0.999. The van der Waals surface area contributed by atoms with Crippen LogP contribution in [0.2, 0.25) is 5.02 Å². The Morgan fingerprint density at radius 2 is 1.85 bits per heavy atom. The van der Waals surface area contributed by atoms with Crippen molar-refractivity contribution in [3.63, 3.8) is 0 Å². The maximum Gasteiger partial charge on any atom is 0.355 e. The molecule has 1 aliphatic rings. The summed E-state index contributed by atoms with van der Waals surface area (Å²) in [5, 5.41) is 5.73. The first kappa shape index (κ1) is 18.8. The van der Waals surface area contributed by atoms with Crippen LogP contribution in [-0.4, -0.2) is 29.5 Å². The predicted octanol–water partition coefficient (Wildman–Crippen LogP) is 3.64. The Morgan fingerprint density at radius 3 is 2.56 bits per heavy atom. The molecule has 0 saturated carbocycles. The second-order valence-electron chi connectivity index (χ2n) is 6.01. The van der Waals surface area contributed by atoms with Crippen LogP contribution in [0.3, 0.4) is 0 Å². The molecule has 1 amide bonds. The van der Waals surface area contributed by atoms with Gasteiger partial charge < -0.3 is 4.74 Å². The highest BCUT2D eigenvalue weighted by atomic mass is 35.5. The van der Waals surface area contributed by atoms with Crippen molar-refractivity contribution in [1.29, 1.82) is 0 Å². The minimum Gasteiger partial charge on any atom is -0.450 e. The summed E-state index contributed by atoms with van der Waals surface area (Å²) in [6.07, 6.45) is -0.695. The van der Waals surface area contributed by atoms with Gasteiger partial charge in [0, 0.05) is 23.4 Å². The van der Waals surface area contributed by atoms with Crippen molar-refractivity contribution in [2.45, 2.75) is 25.9 Å². The van der Waals surface area contributed by atoms with Gasteiger partial charge in [-0.15, -0.1) is 0 Å². The summed E-state index contributed by atoms with van der Waals surface area (Å²) in [6.45, 7) is 1.49. The number of hydrogen-bond acceptors (Lipinski definition) is 5. The van der Waals surface area contributed by atoms with Crippen molar-refractivity contribution in [2.24, 2.45) is 5.10 Å². The molecule has 3 rings (SSSR count). The van der Waals surface area contributed by atoms with Crippen molar-refractivity contribution in [3.05, 3.63) is 65.2 Å². The van der Waals surface area contributed by atoms with E-state index in [9.17, 15) is 14.4 Å². The molecule has 6 nitrogen and oxygen atoms in total. The third kappa shape index (κ3) is 4.41. The van der Waals surface area contributed by atoms with E-state index in [1.54, 1.807) is 42.5 Å². The maximum absolute atomic E-state index is 12.4. The van der Waals surface area contributed by atoms with E-state index in [0.717, 1.165) is 0 Å². The molecule has 0 N–H and O–H groups in total. The normalized spacial score (nSPS) is 15.1. The summed E-state index contributed by atoms with van der Waals surface area (Å²) in [5.74, 6) is -1.29. The lowest BCUT2D eigenvalue weighted by Crippen LogP contribution is -2.36. The molecule has 1 heterocycles. The number of esters is 1. The van der Waals surface area contributed by atoms with Crippen molar-refractivity contribution in [2.75, 3.05) is 5.01 Å². The van der Waals surface area contributed by atoms with Crippen LogP contribution in [0.15, 0.2) is 59.7 Å². The van der Waals surface area contributed by atoms with Gasteiger partial charge in [-0.3, -0.25) is 9.59 Å². The van der Waals surface area contributed by atoms with Gasteiger partial charge in [-0.1, -0.05) is 41.9 Å². The van der Waals surface area contributed by atoms with E-state index in [-0.39, 0.29) is 30.2 Å². The van der Waals surface area contributed by atoms with Crippen LogP contribution >= 0.6 is 11.6 Å². The predicted molar refractivity (Wildman–Crippen MR) is 102 cm³/mol. The number of ketones is 1. The third-order valence-electron chi connectivity index (χ3n) is 4.03. The molecule has 0 bridgehead atoms. The summed E-state index contributed by atoms with van der Waals surface area (Å²) in [5.41, 5.74) is 1.02. The third-order valence-corrected chi connectivity index (χ3v) is 4.27. The average Bonchev–Trinajstić information content (AvgIpc) is 2.68. The molecule has 1 aliphatic heterocycles. The van der Waals surface area contributed by atoms with Gasteiger partial charge in [0.25, 0.3) is 0 Å². The molecule has 2 aromatic rings. The molecule has 2 aromatic carbocycles. The summed E-state index contributed by atoms with van der Waals surface area (Å²) in [7, 11) is 0. The average molecular weight is 385 g/mol. The van der Waals surface area contributed by atoms with Gasteiger partial charge in [0.05, 0.1) is 5.69 Å². The van der Waals surface area contributed by atoms with Crippen LogP contribution in [0.25, 0.3) is 0 Å². The van der Waals surface area contributed by atoms with Gasteiger partial charge in [-0.05, 0) is 31.2 Å². The second-order valence-corrected chi connectivity index (χ2v) is 6.45. The summed E-state index contributed by atoms with van der Waals surface area (Å²) >= 11 is 5.89. The maximum atomic E-state index is 12.4. The van der Waals surface area contributed by atoms with Gasteiger partial charge in [-0.25, -0.2) is 9.80 Å². The van der Waals surface area contributed by atoms with E-state index in [1.807, 2.05) is 6.07 Å². The number of Topliss-reactive ketones (excluding diaryl/α,β-unsaturated/α-hetero) is 1. The number of ether oxygens (including phenoxy) is 1. The molecular formula is C20H17ClN2O4. The standard InChI is InChI=1S/C20H17ClN2O4/c1-13(19(25)14-6-5-7-15(21)12-14)27-20(26)17-10-11-18(24)23(22-17)16-8-3-2-4-9-16/h2-9,12-13H,10-11H2,1H3/t13-/m0/s1. The Balaban J connectivity index is 1.73. The Kier molecular flexibility index (Phi) is 5.66. The van der Waals surface area contributed by atoms with Gasteiger partial charge in [0.2, 0.25) is 11.7 Å². The highest BCUT2D eigenvalue weighted by Crippen LogP contribution is 2.20. The Bertz CT molecular complexity index is 911. The zero-order chi connectivity index (χ0) is 19.4. The topological polar surface area (TPSA) is 76.0 Å². The number of carbonyl (C=O) groups is 3. The molecule has 1 atom stereocenters. The number of halogens is 1. The van der Waals surface area contributed by atoms with Crippen LogP contribution in [0.1, 0.15) is 30.1 Å². The highest BCUT2D eigenvalue weighted by Gasteiger charge is 2.28. The molecule has 0 fully saturated rings. The number of amides is 1. The van der Waals surface area contributed by atoms with E-state index in [0.29, 0.717) is 16.3 Å². The zero-order valence-electron chi connectivity index (χ0n) is 14.6. The number of hydrogen-bond donors (Lipinski definition) is 0. The van der Waals surface area contributed by atoms with Gasteiger partial charge in [0.1, 0.15) is 5.71 Å². The number of rotatable bonds is 5. The van der Waals surface area contributed by atoms with Crippen LogP contribution in [0.5, 0.6) is 0 Å². The van der Waals surface area contributed by atoms with E-state index in [1.165, 1.54) is 18.0 Å². The van der Waals surface area contributed by atoms with E-state index >= 15 is 0 Å². The first-order chi connectivity index (χ1) is 13.0. The monoisotopic (exact) mass is 384 g/mol. The lowest BCUT2D eigenvalue weighted by atomic mass is 10.1. The van der Waals surface area contributed by atoms with E-state index in [2.05, 4.69) is 5.10 Å². The summed E-state index contributed by atoms with van der Waals surface area (Å²) in [6, 6.07) is 15.2. The highest BCUT2D eigenvalue weighted by molar-refractivity contribution is 6.38. The lowest BCUT2D eigenvalue weighted by molar-refractivity contribution is -0.138. The Labute approximate surface area is 161 Å². The molecule has 138 valence electrons. The van der Waals surface area contributed by atoms with Crippen molar-refractivity contribution in [1.82, 2.24) is 0 Å². The molecule has 0 unspecified atom stereocenters. The number of carbonyl (C=O) groups excluding carboxylic acids is 3. The molecule has 0 aliphatic carbocycles. The van der Waals surface area contributed by atoms with E-state index in [4.69, 9.17) is 16.3 Å². The quantitative estimate of drug-likeness (QED) is 0.582. The number of para-hydroxylation sites is 1. The second kappa shape index (κ2) is 8.14. The number of nitrogens with zero attached hydrogens (tertiary/aromatic N) is 2. The fourth-order valence-corrected chi connectivity index (χ4v) is 2.82. The summed E-state index contributed by atoms with van der Waals surface area (Å²) < 4.78 is 5.27. The number of anilines is 1. The lowest BCUT2D eigenvalue weighted by Gasteiger charge is -2.23. The fraction of sp³-hybridized carbons (Fsp3) is 0.200. The Hall–Kier alpha value is -2.99. The smallest absolute Gasteiger partial charge is 0.355 e. The fourth-order valence-electron chi connectivity index (χ4n) is 2.63. The van der Waals surface area contributed by atoms with Crippen LogP contribution in [-0.2, 0) is 14.3 Å². The van der Waals surface area contributed by atoms with E-state index < -0.39 is 12.1 Å². The van der Waals surface area contributed by atoms with Crippen LogP contribution < -0.4 is 5.01 Å². The largest absolute Gasteiger partial charge is 0.450 e. The minimum absolute atomic E-state index is 0.101. The number of hydrazone groups is 1. The number of benzene rings is 2. The SMILES string of the molecule is C[C@H](OC(=O)C1=NN(c2ccccc2)C(=O)CC1)C(=O)c1cccc(Cl)c1. The van der Waals surface area contributed by atoms with Crippen LogP contribution in [0.4, 0.5) is 5.69 Å².